The van der Waals surface area contributed by atoms with Crippen molar-refractivity contribution in [1.29, 1.82) is 0 Å². The molecule has 0 fully saturated rings. The van der Waals surface area contributed by atoms with E-state index in [9.17, 15) is 14.4 Å². The maximum Gasteiger partial charge on any atom is 0.306 e. The number of carbonyl (C=O) groups is 3. The Balaban J connectivity index is 4.27. The predicted molar refractivity (Wildman–Crippen MR) is 307 cm³/mol. The second-order valence-electron chi connectivity index (χ2n) is 23.8. The summed E-state index contributed by atoms with van der Waals surface area (Å²) in [6.45, 7) is 13.8. The standard InChI is InChI=1S/C65H126O6/c1-59(2)51-45-39-33-27-21-16-12-9-7-8-10-14-19-25-32-38-44-50-56-65(68)71-62(58-70-64(67)55-49-43-37-31-26-20-23-29-35-41-47-53-61(5)6)57-69-63(66)54-48-42-36-30-24-18-15-11-13-17-22-28-34-40-46-52-60(3)4/h59-62H,7-58H2,1-6H3/t62-/m0/s1. The first-order chi connectivity index (χ1) is 34.6. The molecule has 0 N–H and O–H groups in total. The molecule has 0 aromatic heterocycles. The van der Waals surface area contributed by atoms with Crippen molar-refractivity contribution in [1.82, 2.24) is 0 Å². The Bertz CT molecular complexity index is 1100. The molecular formula is C65H126O6. The Morgan fingerprint density at radius 3 is 0.606 bits per heavy atom. The molecule has 0 spiro atoms. The Labute approximate surface area is 444 Å². The fourth-order valence-corrected chi connectivity index (χ4v) is 10.1. The van der Waals surface area contributed by atoms with Crippen LogP contribution in [0.3, 0.4) is 0 Å². The van der Waals surface area contributed by atoms with Gasteiger partial charge in [0.25, 0.3) is 0 Å². The summed E-state index contributed by atoms with van der Waals surface area (Å²) in [4.78, 5) is 38.3. The lowest BCUT2D eigenvalue weighted by Crippen LogP contribution is -2.30. The molecular weight excluding hydrogens is 877 g/mol. The molecule has 71 heavy (non-hydrogen) atoms. The first-order valence-corrected chi connectivity index (χ1v) is 32.1. The minimum Gasteiger partial charge on any atom is -0.462 e. The summed E-state index contributed by atoms with van der Waals surface area (Å²) in [5.41, 5.74) is 0. The fourth-order valence-electron chi connectivity index (χ4n) is 10.1. The van der Waals surface area contributed by atoms with Gasteiger partial charge in [0.2, 0.25) is 0 Å². The zero-order valence-corrected chi connectivity index (χ0v) is 49.0. The summed E-state index contributed by atoms with van der Waals surface area (Å²) in [5.74, 6) is 1.70. The van der Waals surface area contributed by atoms with Crippen molar-refractivity contribution in [3.05, 3.63) is 0 Å². The molecule has 0 saturated heterocycles. The number of unbranched alkanes of at least 4 members (excludes halogenated alkanes) is 41. The maximum absolute atomic E-state index is 12.9. The second kappa shape index (κ2) is 56.1. The van der Waals surface area contributed by atoms with Crippen LogP contribution in [-0.4, -0.2) is 37.2 Å². The molecule has 6 heteroatoms. The molecule has 0 aromatic rings. The number of esters is 3. The first-order valence-electron chi connectivity index (χ1n) is 32.1. The molecule has 0 aliphatic rings. The van der Waals surface area contributed by atoms with E-state index in [2.05, 4.69) is 41.5 Å². The highest BCUT2D eigenvalue weighted by Crippen LogP contribution is 2.19. The molecule has 0 unspecified atom stereocenters. The van der Waals surface area contributed by atoms with Crippen molar-refractivity contribution in [2.45, 2.75) is 369 Å². The molecule has 0 aliphatic carbocycles. The summed E-state index contributed by atoms with van der Waals surface area (Å²) in [7, 11) is 0. The summed E-state index contributed by atoms with van der Waals surface area (Å²) in [5, 5.41) is 0. The number of rotatable bonds is 58. The zero-order chi connectivity index (χ0) is 51.9. The molecule has 6 nitrogen and oxygen atoms in total. The molecule has 0 rings (SSSR count). The highest BCUT2D eigenvalue weighted by Gasteiger charge is 2.19. The van der Waals surface area contributed by atoms with Crippen LogP contribution in [0.1, 0.15) is 363 Å². The van der Waals surface area contributed by atoms with E-state index in [1.165, 1.54) is 244 Å². The third-order valence-electron chi connectivity index (χ3n) is 14.9. The van der Waals surface area contributed by atoms with Crippen molar-refractivity contribution in [3.8, 4) is 0 Å². The first kappa shape index (κ1) is 69.4. The smallest absolute Gasteiger partial charge is 0.306 e. The van der Waals surface area contributed by atoms with Crippen LogP contribution in [0.2, 0.25) is 0 Å². The average Bonchev–Trinajstić information content (AvgIpc) is 3.33. The van der Waals surface area contributed by atoms with Crippen molar-refractivity contribution >= 4 is 17.9 Å². The zero-order valence-electron chi connectivity index (χ0n) is 49.0. The van der Waals surface area contributed by atoms with Gasteiger partial charge in [-0.3, -0.25) is 14.4 Å². The summed E-state index contributed by atoms with van der Waals surface area (Å²) >= 11 is 0. The largest absolute Gasteiger partial charge is 0.462 e. The van der Waals surface area contributed by atoms with Gasteiger partial charge in [-0.15, -0.1) is 0 Å². The molecule has 422 valence electrons. The van der Waals surface area contributed by atoms with Gasteiger partial charge < -0.3 is 14.2 Å². The number of carbonyl (C=O) groups excluding carboxylic acids is 3. The number of hydrogen-bond donors (Lipinski definition) is 0. The summed E-state index contributed by atoms with van der Waals surface area (Å²) < 4.78 is 17.0. The van der Waals surface area contributed by atoms with E-state index >= 15 is 0 Å². The average molecular weight is 1000 g/mol. The van der Waals surface area contributed by atoms with Gasteiger partial charge in [0.05, 0.1) is 0 Å². The lowest BCUT2D eigenvalue weighted by atomic mass is 10.0. The van der Waals surface area contributed by atoms with Gasteiger partial charge in [0, 0.05) is 19.3 Å². The Kier molecular flexibility index (Phi) is 54.9. The maximum atomic E-state index is 12.9. The summed E-state index contributed by atoms with van der Waals surface area (Å²) in [6.07, 6.45) is 61.1. The molecule has 0 amide bonds. The predicted octanol–water partition coefficient (Wildman–Crippen LogP) is 21.5. The van der Waals surface area contributed by atoms with Crippen molar-refractivity contribution in [2.75, 3.05) is 13.2 Å². The van der Waals surface area contributed by atoms with Gasteiger partial charge in [0.1, 0.15) is 13.2 Å². The van der Waals surface area contributed by atoms with Crippen LogP contribution in [0.5, 0.6) is 0 Å². The minimum atomic E-state index is -0.764. The number of ether oxygens (including phenoxy) is 3. The highest BCUT2D eigenvalue weighted by atomic mass is 16.6. The van der Waals surface area contributed by atoms with E-state index < -0.39 is 6.10 Å². The van der Waals surface area contributed by atoms with Crippen molar-refractivity contribution < 1.29 is 28.6 Å². The molecule has 0 bridgehead atoms. The Morgan fingerprint density at radius 1 is 0.239 bits per heavy atom. The molecule has 0 aromatic carbocycles. The van der Waals surface area contributed by atoms with Gasteiger partial charge in [-0.05, 0) is 37.0 Å². The quantitative estimate of drug-likeness (QED) is 0.0343. The monoisotopic (exact) mass is 1000 g/mol. The van der Waals surface area contributed by atoms with Gasteiger partial charge in [0.15, 0.2) is 6.10 Å². The third-order valence-corrected chi connectivity index (χ3v) is 14.9. The number of hydrogen-bond acceptors (Lipinski definition) is 6. The van der Waals surface area contributed by atoms with Gasteiger partial charge >= 0.3 is 17.9 Å². The molecule has 0 saturated carbocycles. The van der Waals surface area contributed by atoms with Crippen molar-refractivity contribution in [2.24, 2.45) is 17.8 Å². The van der Waals surface area contributed by atoms with E-state index in [1.54, 1.807) is 0 Å². The van der Waals surface area contributed by atoms with E-state index in [1.807, 2.05) is 0 Å². The van der Waals surface area contributed by atoms with Crippen LogP contribution in [-0.2, 0) is 28.6 Å². The fraction of sp³-hybridized carbons (Fsp3) is 0.954. The lowest BCUT2D eigenvalue weighted by Gasteiger charge is -2.18. The van der Waals surface area contributed by atoms with Crippen LogP contribution in [0.4, 0.5) is 0 Å². The Hall–Kier alpha value is -1.59. The van der Waals surface area contributed by atoms with Crippen LogP contribution in [0.15, 0.2) is 0 Å². The van der Waals surface area contributed by atoms with Gasteiger partial charge in [-0.1, -0.05) is 324 Å². The normalized spacial score (nSPS) is 12.1. The lowest BCUT2D eigenvalue weighted by molar-refractivity contribution is -0.167. The highest BCUT2D eigenvalue weighted by molar-refractivity contribution is 5.71. The van der Waals surface area contributed by atoms with Gasteiger partial charge in [-0.2, -0.15) is 0 Å². The van der Waals surface area contributed by atoms with Crippen LogP contribution in [0.25, 0.3) is 0 Å². The van der Waals surface area contributed by atoms with Crippen LogP contribution < -0.4 is 0 Å². The van der Waals surface area contributed by atoms with Gasteiger partial charge in [-0.25, -0.2) is 0 Å². The Morgan fingerprint density at radius 2 is 0.408 bits per heavy atom. The molecule has 0 aliphatic heterocycles. The van der Waals surface area contributed by atoms with E-state index in [-0.39, 0.29) is 31.1 Å². The van der Waals surface area contributed by atoms with Crippen molar-refractivity contribution in [3.63, 3.8) is 0 Å². The minimum absolute atomic E-state index is 0.0626. The van der Waals surface area contributed by atoms with E-state index in [4.69, 9.17) is 14.2 Å². The molecule has 1 atom stereocenters. The topological polar surface area (TPSA) is 78.9 Å². The van der Waals surface area contributed by atoms with E-state index in [0.29, 0.717) is 19.3 Å². The van der Waals surface area contributed by atoms with Crippen LogP contribution in [0, 0.1) is 17.8 Å². The molecule has 0 heterocycles. The third kappa shape index (κ3) is 59.2. The summed E-state index contributed by atoms with van der Waals surface area (Å²) in [6, 6.07) is 0. The SMILES string of the molecule is CC(C)CCCCCCCCCCCCCCCCCCCCC(=O)O[C@@H](COC(=O)CCCCCCCCCCCCCCCCCC(C)C)COC(=O)CCCCCCCCCCCCCC(C)C. The van der Waals surface area contributed by atoms with E-state index in [0.717, 1.165) is 75.5 Å². The van der Waals surface area contributed by atoms with Crippen LogP contribution >= 0.6 is 0 Å². The molecule has 0 radical (unpaired) electrons. The second-order valence-corrected chi connectivity index (χ2v) is 23.8.